The third-order valence-corrected chi connectivity index (χ3v) is 4.74. The zero-order valence-corrected chi connectivity index (χ0v) is 18.2. The number of nitrogens with zero attached hydrogens (tertiary/aromatic N) is 2. The largest absolute Gasteiger partial charge is 0.496 e. The predicted octanol–water partition coefficient (Wildman–Crippen LogP) is 2.68. The van der Waals surface area contributed by atoms with Gasteiger partial charge in [-0.05, 0) is 37.9 Å². The van der Waals surface area contributed by atoms with Gasteiger partial charge in [-0.2, -0.15) is 0 Å². The molecule has 2 aromatic rings. The number of likely N-dealkylation sites (N-methyl/N-ethyl adjacent to an activating group) is 1. The Labute approximate surface area is 173 Å². The quantitative estimate of drug-likeness (QED) is 0.498. The number of hydrogen-bond acceptors (Lipinski definition) is 5. The second kappa shape index (κ2) is 11.2. The van der Waals surface area contributed by atoms with E-state index in [4.69, 9.17) is 14.2 Å². The molecule has 0 bridgehead atoms. The van der Waals surface area contributed by atoms with Gasteiger partial charge in [0.05, 0.1) is 27.4 Å². The van der Waals surface area contributed by atoms with Crippen LogP contribution >= 0.6 is 0 Å². The van der Waals surface area contributed by atoms with Gasteiger partial charge in [0.15, 0.2) is 17.5 Å². The number of benzene rings is 2. The molecule has 0 fully saturated rings. The molecule has 158 valence electrons. The molecule has 1 unspecified atom stereocenters. The highest BCUT2D eigenvalue weighted by atomic mass is 16.5. The highest BCUT2D eigenvalue weighted by Crippen LogP contribution is 2.31. The Morgan fingerprint density at radius 3 is 2.24 bits per heavy atom. The first-order chi connectivity index (χ1) is 14.0. The van der Waals surface area contributed by atoms with Crippen LogP contribution < -0.4 is 24.8 Å². The number of nitrogens with one attached hydrogen (secondary N) is 2. The van der Waals surface area contributed by atoms with Gasteiger partial charge in [-0.25, -0.2) is 0 Å². The molecule has 0 aliphatic carbocycles. The lowest BCUT2D eigenvalue weighted by molar-refractivity contribution is 0.295. The standard InChI is InChI=1S/C22H32N4O3/c1-23-22(24-14-17-9-7-8-10-19(17)27-4)25-15-18(26(2)3)16-11-12-20(28-5)21(13-16)29-6/h7-13,18H,14-15H2,1-6H3,(H2,23,24,25). The first-order valence-electron chi connectivity index (χ1n) is 9.48. The molecule has 0 saturated carbocycles. The fraction of sp³-hybridized carbons (Fsp3) is 0.409. The van der Waals surface area contributed by atoms with Crippen molar-refractivity contribution in [2.75, 3.05) is 49.0 Å². The van der Waals surface area contributed by atoms with E-state index in [-0.39, 0.29) is 6.04 Å². The molecule has 0 aliphatic rings. The Morgan fingerprint density at radius 1 is 0.931 bits per heavy atom. The van der Waals surface area contributed by atoms with E-state index in [1.165, 1.54) is 0 Å². The molecule has 2 aromatic carbocycles. The number of para-hydroxylation sites is 1. The van der Waals surface area contributed by atoms with Crippen LogP contribution in [-0.2, 0) is 6.54 Å². The molecule has 1 atom stereocenters. The first kappa shape index (κ1) is 22.4. The lowest BCUT2D eigenvalue weighted by Crippen LogP contribution is -2.41. The maximum atomic E-state index is 5.45. The van der Waals surface area contributed by atoms with Gasteiger partial charge in [-0.15, -0.1) is 0 Å². The second-order valence-corrected chi connectivity index (χ2v) is 6.71. The molecule has 0 spiro atoms. The maximum Gasteiger partial charge on any atom is 0.191 e. The molecule has 7 nitrogen and oxygen atoms in total. The second-order valence-electron chi connectivity index (χ2n) is 6.71. The summed E-state index contributed by atoms with van der Waals surface area (Å²) in [4.78, 5) is 6.49. The van der Waals surface area contributed by atoms with Gasteiger partial charge in [0, 0.05) is 25.7 Å². The molecular formula is C22H32N4O3. The van der Waals surface area contributed by atoms with Gasteiger partial charge in [-0.1, -0.05) is 24.3 Å². The number of aliphatic imine (C=N–C) groups is 1. The fourth-order valence-corrected chi connectivity index (χ4v) is 3.10. The van der Waals surface area contributed by atoms with Crippen LogP contribution in [0, 0.1) is 0 Å². The van der Waals surface area contributed by atoms with E-state index < -0.39 is 0 Å². The summed E-state index contributed by atoms with van der Waals surface area (Å²) in [5.74, 6) is 3.02. The van der Waals surface area contributed by atoms with Crippen molar-refractivity contribution in [2.24, 2.45) is 4.99 Å². The topological polar surface area (TPSA) is 67.4 Å². The third kappa shape index (κ3) is 6.02. The summed E-state index contributed by atoms with van der Waals surface area (Å²) in [5, 5.41) is 6.75. The Balaban J connectivity index is 2.05. The van der Waals surface area contributed by atoms with E-state index in [0.717, 1.165) is 34.3 Å². The van der Waals surface area contributed by atoms with Gasteiger partial charge in [0.1, 0.15) is 5.75 Å². The van der Waals surface area contributed by atoms with Crippen LogP contribution in [0.5, 0.6) is 17.2 Å². The van der Waals surface area contributed by atoms with Crippen molar-refractivity contribution in [3.8, 4) is 17.2 Å². The molecule has 2 N–H and O–H groups in total. The number of ether oxygens (including phenoxy) is 3. The molecule has 0 aliphatic heterocycles. The van der Waals surface area contributed by atoms with Crippen LogP contribution in [0.4, 0.5) is 0 Å². The average Bonchev–Trinajstić information content (AvgIpc) is 2.75. The zero-order valence-electron chi connectivity index (χ0n) is 18.2. The van der Waals surface area contributed by atoms with Crippen LogP contribution in [-0.4, -0.2) is 59.9 Å². The van der Waals surface area contributed by atoms with E-state index in [1.807, 2.05) is 50.5 Å². The summed E-state index contributed by atoms with van der Waals surface area (Å²) < 4.78 is 16.2. The highest BCUT2D eigenvalue weighted by Gasteiger charge is 2.17. The predicted molar refractivity (Wildman–Crippen MR) is 117 cm³/mol. The highest BCUT2D eigenvalue weighted by molar-refractivity contribution is 5.79. The minimum Gasteiger partial charge on any atom is -0.496 e. The molecule has 2 rings (SSSR count). The van der Waals surface area contributed by atoms with Crippen LogP contribution in [0.15, 0.2) is 47.5 Å². The molecule has 0 saturated heterocycles. The van der Waals surface area contributed by atoms with Gasteiger partial charge >= 0.3 is 0 Å². The Kier molecular flexibility index (Phi) is 8.61. The van der Waals surface area contributed by atoms with Gasteiger partial charge in [0.25, 0.3) is 0 Å². The Hall–Kier alpha value is -2.93. The fourth-order valence-electron chi connectivity index (χ4n) is 3.10. The van der Waals surface area contributed by atoms with Gasteiger partial charge in [0.2, 0.25) is 0 Å². The lowest BCUT2D eigenvalue weighted by Gasteiger charge is -2.26. The maximum absolute atomic E-state index is 5.45. The van der Waals surface area contributed by atoms with Crippen LogP contribution in [0.3, 0.4) is 0 Å². The number of methoxy groups -OCH3 is 3. The van der Waals surface area contributed by atoms with Crippen molar-refractivity contribution >= 4 is 5.96 Å². The van der Waals surface area contributed by atoms with Gasteiger partial charge < -0.3 is 29.7 Å². The van der Waals surface area contributed by atoms with E-state index in [0.29, 0.717) is 13.1 Å². The smallest absolute Gasteiger partial charge is 0.191 e. The van der Waals surface area contributed by atoms with Crippen molar-refractivity contribution in [2.45, 2.75) is 12.6 Å². The van der Waals surface area contributed by atoms with Crippen molar-refractivity contribution < 1.29 is 14.2 Å². The summed E-state index contributed by atoms with van der Waals surface area (Å²) in [6.45, 7) is 1.29. The van der Waals surface area contributed by atoms with E-state index >= 15 is 0 Å². The molecular weight excluding hydrogens is 368 g/mol. The summed E-state index contributed by atoms with van der Waals surface area (Å²) in [6, 6.07) is 14.1. The lowest BCUT2D eigenvalue weighted by atomic mass is 10.1. The van der Waals surface area contributed by atoms with Crippen LogP contribution in [0.1, 0.15) is 17.2 Å². The summed E-state index contributed by atoms with van der Waals surface area (Å²) in [5.41, 5.74) is 2.20. The first-order valence-corrected chi connectivity index (χ1v) is 9.48. The third-order valence-electron chi connectivity index (χ3n) is 4.74. The van der Waals surface area contributed by atoms with E-state index in [2.05, 4.69) is 26.6 Å². The zero-order chi connectivity index (χ0) is 21.2. The molecule has 7 heteroatoms. The minimum atomic E-state index is 0.125. The molecule has 29 heavy (non-hydrogen) atoms. The van der Waals surface area contributed by atoms with Crippen LogP contribution in [0.25, 0.3) is 0 Å². The van der Waals surface area contributed by atoms with Crippen molar-refractivity contribution in [3.05, 3.63) is 53.6 Å². The van der Waals surface area contributed by atoms with Crippen LogP contribution in [0.2, 0.25) is 0 Å². The Bertz CT molecular complexity index is 808. The summed E-state index contributed by atoms with van der Waals surface area (Å²) in [7, 11) is 10.8. The number of guanidine groups is 1. The molecule has 0 heterocycles. The van der Waals surface area contributed by atoms with Crippen molar-refractivity contribution in [3.63, 3.8) is 0 Å². The SMILES string of the molecule is CN=C(NCc1ccccc1OC)NCC(c1ccc(OC)c(OC)c1)N(C)C. The number of hydrogen-bond donors (Lipinski definition) is 2. The molecule has 0 amide bonds. The number of rotatable bonds is 9. The monoisotopic (exact) mass is 400 g/mol. The van der Waals surface area contributed by atoms with Crippen molar-refractivity contribution in [1.29, 1.82) is 0 Å². The van der Waals surface area contributed by atoms with E-state index in [9.17, 15) is 0 Å². The summed E-state index contributed by atoms with van der Waals surface area (Å²) in [6.07, 6.45) is 0. The molecule has 0 aromatic heterocycles. The minimum absolute atomic E-state index is 0.125. The summed E-state index contributed by atoms with van der Waals surface area (Å²) >= 11 is 0. The van der Waals surface area contributed by atoms with Crippen molar-refractivity contribution in [1.82, 2.24) is 15.5 Å². The van der Waals surface area contributed by atoms with Gasteiger partial charge in [-0.3, -0.25) is 4.99 Å². The average molecular weight is 401 g/mol. The molecule has 0 radical (unpaired) electrons. The Morgan fingerprint density at radius 2 is 1.62 bits per heavy atom. The van der Waals surface area contributed by atoms with E-state index in [1.54, 1.807) is 28.4 Å². The normalized spacial score (nSPS) is 12.4.